The zero-order valence-electron chi connectivity index (χ0n) is 16.4. The van der Waals surface area contributed by atoms with E-state index in [1.165, 1.54) is 18.2 Å². The monoisotopic (exact) mass is 466 g/mol. The molecule has 0 aromatic heterocycles. The van der Waals surface area contributed by atoms with Gasteiger partial charge in [-0.15, -0.1) is 0 Å². The fourth-order valence-corrected chi connectivity index (χ4v) is 4.65. The predicted molar refractivity (Wildman–Crippen MR) is 113 cm³/mol. The Labute approximate surface area is 183 Å². The highest BCUT2D eigenvalue weighted by molar-refractivity contribution is 7.91. The van der Waals surface area contributed by atoms with Crippen molar-refractivity contribution in [1.29, 1.82) is 0 Å². The molecule has 2 amide bonds. The van der Waals surface area contributed by atoms with Crippen molar-refractivity contribution in [3.8, 4) is 5.75 Å². The van der Waals surface area contributed by atoms with Crippen LogP contribution in [0.15, 0.2) is 41.3 Å². The van der Waals surface area contributed by atoms with Crippen molar-refractivity contribution in [1.82, 2.24) is 0 Å². The van der Waals surface area contributed by atoms with Gasteiger partial charge in [-0.1, -0.05) is 17.7 Å². The van der Waals surface area contributed by atoms with Crippen LogP contribution in [0.25, 0.3) is 0 Å². The third kappa shape index (κ3) is 5.53. The molecule has 0 saturated carbocycles. The van der Waals surface area contributed by atoms with E-state index < -0.39 is 27.5 Å². The summed E-state index contributed by atoms with van der Waals surface area (Å²) in [6.07, 6.45) is -0.336. The first-order valence-electron chi connectivity index (χ1n) is 9.25. The molecule has 2 aromatic carbocycles. The molecular weight excluding hydrogens is 448 g/mol. The van der Waals surface area contributed by atoms with E-state index in [2.05, 4.69) is 10.6 Å². The third-order valence-electron chi connectivity index (χ3n) is 4.26. The highest BCUT2D eigenvalue weighted by Crippen LogP contribution is 2.36. The largest absolute Gasteiger partial charge is 0.482 e. The summed E-state index contributed by atoms with van der Waals surface area (Å²) in [5.74, 6) is -1.77. The summed E-state index contributed by atoms with van der Waals surface area (Å²) in [5.41, 5.74) is 0.878. The molecule has 2 N–H and O–H groups in total. The lowest BCUT2D eigenvalue weighted by Gasteiger charge is -2.19. The van der Waals surface area contributed by atoms with E-state index in [9.17, 15) is 22.8 Å². The molecule has 9 nitrogen and oxygen atoms in total. The van der Waals surface area contributed by atoms with E-state index in [-0.39, 0.29) is 52.5 Å². The van der Waals surface area contributed by atoms with Gasteiger partial charge in [-0.3, -0.25) is 9.59 Å². The predicted octanol–water partition coefficient (Wildman–Crippen LogP) is 2.65. The van der Waals surface area contributed by atoms with Crippen LogP contribution in [0.2, 0.25) is 5.02 Å². The number of sulfone groups is 1. The van der Waals surface area contributed by atoms with Gasteiger partial charge >= 0.3 is 5.97 Å². The lowest BCUT2D eigenvalue weighted by atomic mass is 10.2. The van der Waals surface area contributed by atoms with Crippen molar-refractivity contribution in [2.45, 2.75) is 18.2 Å². The van der Waals surface area contributed by atoms with Crippen molar-refractivity contribution in [2.24, 2.45) is 0 Å². The first-order chi connectivity index (χ1) is 14.7. The fraction of sp³-hybridized carbons (Fsp3) is 0.250. The van der Waals surface area contributed by atoms with Crippen LogP contribution >= 0.6 is 11.6 Å². The van der Waals surface area contributed by atoms with Crippen molar-refractivity contribution >= 4 is 50.6 Å². The number of benzene rings is 2. The van der Waals surface area contributed by atoms with E-state index in [1.807, 2.05) is 0 Å². The molecule has 0 spiro atoms. The summed E-state index contributed by atoms with van der Waals surface area (Å²) in [5, 5.41) is 5.00. The molecule has 0 radical (unpaired) electrons. The second kappa shape index (κ2) is 9.36. The van der Waals surface area contributed by atoms with Crippen molar-refractivity contribution in [2.75, 3.05) is 29.6 Å². The van der Waals surface area contributed by atoms with Gasteiger partial charge in [-0.25, -0.2) is 13.2 Å². The number of esters is 1. The van der Waals surface area contributed by atoms with Gasteiger partial charge in [0.25, 0.3) is 5.91 Å². The summed E-state index contributed by atoms with van der Waals surface area (Å²) in [6.45, 7) is 1.66. The summed E-state index contributed by atoms with van der Waals surface area (Å²) in [4.78, 5) is 35.2. The summed E-state index contributed by atoms with van der Waals surface area (Å²) in [6, 6.07) is 8.65. The lowest BCUT2D eigenvalue weighted by molar-refractivity contribution is -0.118. The van der Waals surface area contributed by atoms with Gasteiger partial charge in [0.05, 0.1) is 33.5 Å². The molecule has 0 fully saturated rings. The van der Waals surface area contributed by atoms with Gasteiger partial charge in [-0.2, -0.15) is 0 Å². The maximum absolute atomic E-state index is 12.7. The van der Waals surface area contributed by atoms with Crippen LogP contribution in [0.5, 0.6) is 5.75 Å². The van der Waals surface area contributed by atoms with E-state index in [1.54, 1.807) is 25.1 Å². The zero-order chi connectivity index (χ0) is 22.6. The van der Waals surface area contributed by atoms with Crippen molar-refractivity contribution in [3.05, 3.63) is 47.0 Å². The first kappa shape index (κ1) is 22.6. The zero-order valence-corrected chi connectivity index (χ0v) is 18.0. The molecule has 0 atom stereocenters. The molecule has 2 aromatic rings. The SMILES string of the molecule is CCOC(=O)c1cccc(NC(=O)CCS(=O)(=O)c2cc3c(cc2Cl)NC(=O)CO3)c1. The molecule has 164 valence electrons. The normalized spacial score (nSPS) is 12.9. The molecule has 0 aliphatic carbocycles. The van der Waals surface area contributed by atoms with Crippen LogP contribution in [-0.2, 0) is 24.2 Å². The molecule has 11 heteroatoms. The van der Waals surface area contributed by atoms with Crippen molar-refractivity contribution < 1.29 is 32.3 Å². The number of carbonyl (C=O) groups excluding carboxylic acids is 3. The highest BCUT2D eigenvalue weighted by atomic mass is 35.5. The van der Waals surface area contributed by atoms with Crippen LogP contribution in [-0.4, -0.2) is 45.2 Å². The lowest BCUT2D eigenvalue weighted by Crippen LogP contribution is -2.25. The Kier molecular flexibility index (Phi) is 6.81. The minimum Gasteiger partial charge on any atom is -0.482 e. The fourth-order valence-electron chi connectivity index (χ4n) is 2.82. The van der Waals surface area contributed by atoms with Gasteiger partial charge < -0.3 is 20.1 Å². The molecule has 0 saturated heterocycles. The number of rotatable bonds is 7. The van der Waals surface area contributed by atoms with Crippen LogP contribution in [0.1, 0.15) is 23.7 Å². The van der Waals surface area contributed by atoms with Gasteiger partial charge in [0.2, 0.25) is 5.91 Å². The summed E-state index contributed by atoms with van der Waals surface area (Å²) < 4.78 is 35.5. The van der Waals surface area contributed by atoms with Crippen LogP contribution in [0.4, 0.5) is 11.4 Å². The number of nitrogens with one attached hydrogen (secondary N) is 2. The van der Waals surface area contributed by atoms with Crippen molar-refractivity contribution in [3.63, 3.8) is 0 Å². The number of ether oxygens (including phenoxy) is 2. The molecule has 1 aliphatic rings. The van der Waals surface area contributed by atoms with Crippen LogP contribution in [0.3, 0.4) is 0 Å². The summed E-state index contributed by atoms with van der Waals surface area (Å²) >= 11 is 6.08. The number of fused-ring (bicyclic) bond motifs is 1. The van der Waals surface area contributed by atoms with Gasteiger partial charge in [-0.05, 0) is 31.2 Å². The number of amides is 2. The molecule has 3 rings (SSSR count). The second-order valence-corrected chi connectivity index (χ2v) is 9.02. The molecular formula is C20H19ClN2O7S. The second-order valence-electron chi connectivity index (χ2n) is 6.53. The molecule has 0 unspecified atom stereocenters. The Balaban J connectivity index is 1.67. The van der Waals surface area contributed by atoms with E-state index in [0.717, 1.165) is 0 Å². The number of hydrogen-bond acceptors (Lipinski definition) is 7. The Morgan fingerprint density at radius 3 is 2.77 bits per heavy atom. The Morgan fingerprint density at radius 1 is 1.26 bits per heavy atom. The minimum atomic E-state index is -3.91. The topological polar surface area (TPSA) is 128 Å². The van der Waals surface area contributed by atoms with Gasteiger partial charge in [0.1, 0.15) is 5.75 Å². The molecule has 1 heterocycles. The molecule has 31 heavy (non-hydrogen) atoms. The number of anilines is 2. The molecule has 0 bridgehead atoms. The number of hydrogen-bond donors (Lipinski definition) is 2. The average molecular weight is 467 g/mol. The number of carbonyl (C=O) groups is 3. The first-order valence-corrected chi connectivity index (χ1v) is 11.3. The van der Waals surface area contributed by atoms with E-state index >= 15 is 0 Å². The van der Waals surface area contributed by atoms with Gasteiger partial charge in [0, 0.05) is 18.2 Å². The average Bonchev–Trinajstić information content (AvgIpc) is 2.72. The standard InChI is InChI=1S/C20H19ClN2O7S/c1-2-29-20(26)12-4-3-5-13(8-12)22-18(24)6-7-31(27,28)17-10-16-15(9-14(17)21)23-19(25)11-30-16/h3-5,8-10H,2,6-7,11H2,1H3,(H,22,24)(H,23,25). The van der Waals surface area contributed by atoms with E-state index in [0.29, 0.717) is 5.69 Å². The highest BCUT2D eigenvalue weighted by Gasteiger charge is 2.25. The van der Waals surface area contributed by atoms with E-state index in [4.69, 9.17) is 21.1 Å². The quantitative estimate of drug-likeness (QED) is 0.600. The number of halogens is 1. The Hall–Kier alpha value is -3.11. The van der Waals surface area contributed by atoms with Gasteiger partial charge in [0.15, 0.2) is 16.4 Å². The Bertz CT molecular complexity index is 1150. The maximum atomic E-state index is 12.7. The van der Waals surface area contributed by atoms with Crippen LogP contribution in [0, 0.1) is 0 Å². The Morgan fingerprint density at radius 2 is 2.03 bits per heavy atom. The third-order valence-corrected chi connectivity index (χ3v) is 6.43. The summed E-state index contributed by atoms with van der Waals surface area (Å²) in [7, 11) is -3.91. The smallest absolute Gasteiger partial charge is 0.338 e. The minimum absolute atomic E-state index is 0.0907. The maximum Gasteiger partial charge on any atom is 0.338 e. The van der Waals surface area contributed by atoms with Crippen LogP contribution < -0.4 is 15.4 Å². The molecule has 1 aliphatic heterocycles.